The molecule has 0 aliphatic heterocycles. The second kappa shape index (κ2) is 8.63. The number of fused-ring (bicyclic) bond motifs is 1. The Morgan fingerprint density at radius 2 is 1.48 bits per heavy atom. The number of halogens is 2. The van der Waals surface area contributed by atoms with E-state index in [1.807, 2.05) is 21.6 Å². The fraction of sp³-hybridized carbons (Fsp3) is 0.667. The molecule has 0 aromatic carbocycles. The SMILES string of the molecule is BrN(Br)C1CCCCC1.Cn1c(=O)c2c(n(C)c1=O)n(C)[c](=[Pt])n2C. The zero-order valence-corrected chi connectivity index (χ0v) is 20.2. The normalized spacial score (nSPS) is 15.6. The summed E-state index contributed by atoms with van der Waals surface area (Å²) < 4.78 is 9.11. The Morgan fingerprint density at radius 1 is 0.920 bits per heavy atom. The molecule has 2 heterocycles. The van der Waals surface area contributed by atoms with E-state index in [-0.39, 0.29) is 11.2 Å². The molecule has 0 saturated heterocycles. The van der Waals surface area contributed by atoms with Crippen LogP contribution < -0.4 is 11.2 Å². The summed E-state index contributed by atoms with van der Waals surface area (Å²) >= 11 is 8.90. The minimum absolute atomic E-state index is 0.264. The van der Waals surface area contributed by atoms with E-state index in [2.05, 4.69) is 51.6 Å². The van der Waals surface area contributed by atoms with E-state index in [9.17, 15) is 9.59 Å². The molecule has 1 saturated carbocycles. The van der Waals surface area contributed by atoms with Crippen LogP contribution in [0.1, 0.15) is 32.1 Å². The molecule has 1 aliphatic carbocycles. The molecular formula is C15H23Br2N5O2Pt. The van der Waals surface area contributed by atoms with Gasteiger partial charge in [-0.1, -0.05) is 19.3 Å². The fourth-order valence-corrected chi connectivity index (χ4v) is 4.47. The summed E-state index contributed by atoms with van der Waals surface area (Å²) in [4.78, 5) is 23.8. The molecule has 25 heavy (non-hydrogen) atoms. The molecule has 0 radical (unpaired) electrons. The first-order chi connectivity index (χ1) is 11.7. The van der Waals surface area contributed by atoms with E-state index < -0.39 is 0 Å². The molecule has 0 N–H and O–H groups in total. The van der Waals surface area contributed by atoms with Gasteiger partial charge in [0.1, 0.15) is 0 Å². The van der Waals surface area contributed by atoms with Crippen molar-refractivity contribution in [3.63, 3.8) is 0 Å². The third-order valence-corrected chi connectivity index (χ3v) is 7.31. The van der Waals surface area contributed by atoms with Crippen LogP contribution in [-0.2, 0) is 47.5 Å². The van der Waals surface area contributed by atoms with E-state index in [1.54, 1.807) is 11.6 Å². The van der Waals surface area contributed by atoms with Crippen molar-refractivity contribution in [3.8, 4) is 0 Å². The van der Waals surface area contributed by atoms with Crippen molar-refractivity contribution in [3.05, 3.63) is 24.6 Å². The molecule has 0 unspecified atom stereocenters. The average Bonchev–Trinajstić information content (AvgIpc) is 2.83. The predicted molar refractivity (Wildman–Crippen MR) is 102 cm³/mol. The van der Waals surface area contributed by atoms with Crippen LogP contribution in [0.2, 0.25) is 0 Å². The zero-order valence-electron chi connectivity index (χ0n) is 14.7. The van der Waals surface area contributed by atoms with Crippen LogP contribution in [-0.4, -0.2) is 27.3 Å². The molecule has 0 spiro atoms. The minimum atomic E-state index is -0.310. The Kier molecular flexibility index (Phi) is 7.27. The van der Waals surface area contributed by atoms with Crippen LogP contribution in [0.15, 0.2) is 9.59 Å². The number of nitrogens with zero attached hydrogens (tertiary/aromatic N) is 5. The summed E-state index contributed by atoms with van der Waals surface area (Å²) in [6, 6.07) is 0.721. The quantitative estimate of drug-likeness (QED) is 0.442. The zero-order chi connectivity index (χ0) is 18.9. The van der Waals surface area contributed by atoms with Crippen molar-refractivity contribution in [2.75, 3.05) is 0 Å². The van der Waals surface area contributed by atoms with Gasteiger partial charge in [-0.2, -0.15) is 2.95 Å². The maximum atomic E-state index is 12.0. The number of imidazole rings is 1. The van der Waals surface area contributed by atoms with Crippen molar-refractivity contribution < 1.29 is 19.4 Å². The third-order valence-electron chi connectivity index (χ3n) is 4.63. The molecular weight excluding hydrogens is 637 g/mol. The first-order valence-electron chi connectivity index (χ1n) is 8.06. The van der Waals surface area contributed by atoms with Crippen molar-refractivity contribution in [2.45, 2.75) is 38.1 Å². The van der Waals surface area contributed by atoms with Crippen LogP contribution in [0.25, 0.3) is 11.2 Å². The predicted octanol–water partition coefficient (Wildman–Crippen LogP) is 2.23. The van der Waals surface area contributed by atoms with E-state index in [0.717, 1.165) is 14.4 Å². The second-order valence-corrected chi connectivity index (χ2v) is 9.78. The van der Waals surface area contributed by atoms with E-state index in [0.29, 0.717) is 11.2 Å². The van der Waals surface area contributed by atoms with Crippen LogP contribution in [0.5, 0.6) is 0 Å². The summed E-state index contributed by atoms with van der Waals surface area (Å²) in [5.41, 5.74) is 0.604. The number of hydrogen-bond donors (Lipinski definition) is 0. The van der Waals surface area contributed by atoms with Crippen LogP contribution in [0.3, 0.4) is 0 Å². The molecule has 0 bridgehead atoms. The number of rotatable bonds is 1. The Labute approximate surface area is 174 Å². The monoisotopic (exact) mass is 658 g/mol. The van der Waals surface area contributed by atoms with Crippen LogP contribution in [0, 0.1) is 3.80 Å². The Hall–Kier alpha value is -0.242. The molecule has 0 amide bonds. The van der Waals surface area contributed by atoms with Gasteiger partial charge in [0.25, 0.3) is 0 Å². The third kappa shape index (κ3) is 4.20. The van der Waals surface area contributed by atoms with Crippen molar-refractivity contribution >= 4 is 43.5 Å². The van der Waals surface area contributed by atoms with E-state index in [4.69, 9.17) is 0 Å². The van der Waals surface area contributed by atoms with Crippen LogP contribution >= 0.6 is 32.3 Å². The van der Waals surface area contributed by atoms with Gasteiger partial charge in [0.05, 0.1) is 0 Å². The number of hydrogen-bond acceptors (Lipinski definition) is 3. The molecule has 1 fully saturated rings. The van der Waals surface area contributed by atoms with Crippen molar-refractivity contribution in [1.29, 1.82) is 0 Å². The summed E-state index contributed by atoms with van der Waals surface area (Å²) in [7, 11) is 6.81. The molecule has 144 valence electrons. The van der Waals surface area contributed by atoms with Crippen molar-refractivity contribution in [2.24, 2.45) is 28.2 Å². The standard InChI is InChI=1S/C9H12N4O2.C6H11Br2N.Pt/c1-10-5-11(2)7-6(10)8(14)13(4)9(15)12(7)3;7-9(8)6-4-2-1-3-5-6;/h1-4H3;6H,1-5H2;. The summed E-state index contributed by atoms with van der Waals surface area (Å²) in [5.74, 6) is 0. The molecule has 0 atom stereocenters. The van der Waals surface area contributed by atoms with Gasteiger partial charge >= 0.3 is 102 Å². The molecule has 1 aliphatic rings. The number of aryl methyl sites for hydroxylation is 3. The van der Waals surface area contributed by atoms with E-state index >= 15 is 0 Å². The van der Waals surface area contributed by atoms with Gasteiger partial charge in [-0.05, 0) is 12.8 Å². The topological polar surface area (TPSA) is 57.1 Å². The average molecular weight is 660 g/mol. The number of aromatic nitrogens is 4. The van der Waals surface area contributed by atoms with Gasteiger partial charge in [0, 0.05) is 38.3 Å². The van der Waals surface area contributed by atoms with Gasteiger partial charge in [-0.3, -0.25) is 0 Å². The van der Waals surface area contributed by atoms with Gasteiger partial charge in [-0.25, -0.2) is 0 Å². The van der Waals surface area contributed by atoms with Gasteiger partial charge in [0.2, 0.25) is 0 Å². The maximum absolute atomic E-state index is 12.0. The summed E-state index contributed by atoms with van der Waals surface area (Å²) in [6.07, 6.45) is 6.86. The molecule has 10 heteroatoms. The van der Waals surface area contributed by atoms with Gasteiger partial charge in [0.15, 0.2) is 0 Å². The molecule has 2 aromatic rings. The summed E-state index contributed by atoms with van der Waals surface area (Å²) in [5, 5.41) is 0. The molecule has 2 aromatic heterocycles. The second-order valence-electron chi connectivity index (χ2n) is 6.29. The fourth-order valence-electron chi connectivity index (χ4n) is 3.16. The summed E-state index contributed by atoms with van der Waals surface area (Å²) in [6.45, 7) is 0. The van der Waals surface area contributed by atoms with Gasteiger partial charge in [-0.15, -0.1) is 0 Å². The Bertz CT molecular complexity index is 935. The first kappa shape index (κ1) is 21.1. The molecule has 3 rings (SSSR count). The van der Waals surface area contributed by atoms with Gasteiger partial charge < -0.3 is 0 Å². The van der Waals surface area contributed by atoms with Crippen LogP contribution in [0.4, 0.5) is 0 Å². The molecule has 7 nitrogen and oxygen atoms in total. The van der Waals surface area contributed by atoms with E-state index in [1.165, 1.54) is 43.7 Å². The first-order valence-corrected chi connectivity index (χ1v) is 10.6. The Morgan fingerprint density at radius 3 is 1.96 bits per heavy atom. The van der Waals surface area contributed by atoms with Crippen molar-refractivity contribution in [1.82, 2.24) is 21.2 Å². The Balaban J connectivity index is 0.000000212.